The number of nitrogens with one attached hydrogen (secondary N) is 1. The number of carboxylic acids is 1. The fraction of sp³-hybridized carbons (Fsp3) is 0.286. The summed E-state index contributed by atoms with van der Waals surface area (Å²) < 4.78 is 61.1. The number of aliphatic hydroxyl groups excluding tert-OH is 1. The van der Waals surface area contributed by atoms with Crippen LogP contribution in [-0.4, -0.2) is 50.6 Å². The number of alkyl halides is 3. The summed E-state index contributed by atoms with van der Waals surface area (Å²) in [5.41, 5.74) is 1.95. The Labute approximate surface area is 220 Å². The largest absolute Gasteiger partial charge is 0.490 e. The van der Waals surface area contributed by atoms with E-state index in [1.165, 1.54) is 22.9 Å². The first-order valence-corrected chi connectivity index (χ1v) is 12.2. The lowest BCUT2D eigenvalue weighted by Gasteiger charge is -2.26. The number of carboxylic acid groups (broad SMARTS) is 1. The fourth-order valence-electron chi connectivity index (χ4n) is 4.45. The van der Waals surface area contributed by atoms with Gasteiger partial charge in [0.15, 0.2) is 0 Å². The Morgan fingerprint density at radius 1 is 1.08 bits per heavy atom. The summed E-state index contributed by atoms with van der Waals surface area (Å²) in [5.74, 6) is -3.06. The van der Waals surface area contributed by atoms with Gasteiger partial charge in [-0.3, -0.25) is 0 Å². The van der Waals surface area contributed by atoms with E-state index in [9.17, 15) is 27.1 Å². The maximum absolute atomic E-state index is 14.1. The molecule has 39 heavy (non-hydrogen) atoms. The van der Waals surface area contributed by atoms with Gasteiger partial charge in [0.25, 0.3) is 0 Å². The molecule has 0 saturated carbocycles. The van der Waals surface area contributed by atoms with Gasteiger partial charge in [-0.1, -0.05) is 42.5 Å². The van der Waals surface area contributed by atoms with Crippen molar-refractivity contribution >= 4 is 16.7 Å². The molecule has 5 rings (SSSR count). The van der Waals surface area contributed by atoms with Gasteiger partial charge in [-0.25, -0.2) is 18.6 Å². The molecule has 0 radical (unpaired) electrons. The zero-order valence-corrected chi connectivity index (χ0v) is 20.6. The first-order valence-electron chi connectivity index (χ1n) is 12.2. The molecule has 0 saturated heterocycles. The second-order valence-electron chi connectivity index (χ2n) is 9.31. The van der Waals surface area contributed by atoms with E-state index in [2.05, 4.69) is 40.6 Å². The van der Waals surface area contributed by atoms with Crippen LogP contribution in [0.25, 0.3) is 22.0 Å². The van der Waals surface area contributed by atoms with Gasteiger partial charge in [0.05, 0.1) is 11.8 Å². The number of benzene rings is 3. The summed E-state index contributed by atoms with van der Waals surface area (Å²) >= 11 is 0. The monoisotopic (exact) mass is 547 g/mol. The second-order valence-corrected chi connectivity index (χ2v) is 9.31. The minimum atomic E-state index is -5.08. The molecule has 0 fully saturated rings. The first kappa shape index (κ1) is 28.2. The molecule has 3 N–H and O–H groups in total. The zero-order valence-electron chi connectivity index (χ0n) is 20.6. The van der Waals surface area contributed by atoms with E-state index in [0.29, 0.717) is 30.8 Å². The molecule has 2 heterocycles. The van der Waals surface area contributed by atoms with Crippen molar-refractivity contribution in [2.24, 2.45) is 0 Å². The topological polar surface area (TPSA) is 87.4 Å². The average Bonchev–Trinajstić information content (AvgIpc) is 3.30. The van der Waals surface area contributed by atoms with Crippen LogP contribution in [0, 0.1) is 11.6 Å². The molecule has 0 amide bonds. The number of rotatable bonds is 6. The molecular formula is C28H26F5N3O3. The van der Waals surface area contributed by atoms with Crippen LogP contribution in [0.3, 0.4) is 0 Å². The highest BCUT2D eigenvalue weighted by Crippen LogP contribution is 2.25. The minimum Gasteiger partial charge on any atom is -0.475 e. The molecule has 4 aromatic rings. The molecule has 0 bridgehead atoms. The number of imidazole rings is 1. The highest BCUT2D eigenvalue weighted by atomic mass is 19.4. The van der Waals surface area contributed by atoms with Gasteiger partial charge in [-0.2, -0.15) is 13.2 Å². The van der Waals surface area contributed by atoms with Crippen LogP contribution in [0.5, 0.6) is 0 Å². The zero-order chi connectivity index (χ0) is 28.2. The lowest BCUT2D eigenvalue weighted by molar-refractivity contribution is -0.192. The van der Waals surface area contributed by atoms with Crippen LogP contribution in [0.4, 0.5) is 22.0 Å². The first-order chi connectivity index (χ1) is 18.5. The van der Waals surface area contributed by atoms with Crippen LogP contribution >= 0.6 is 0 Å². The van der Waals surface area contributed by atoms with Crippen LogP contribution in [0.15, 0.2) is 66.9 Å². The van der Waals surface area contributed by atoms with E-state index >= 15 is 0 Å². The average molecular weight is 548 g/mol. The molecule has 1 aromatic heterocycles. The smallest absolute Gasteiger partial charge is 0.475 e. The molecule has 11 heteroatoms. The number of hydrogen-bond donors (Lipinski definition) is 3. The third-order valence-electron chi connectivity index (χ3n) is 6.37. The van der Waals surface area contributed by atoms with Crippen LogP contribution < -0.4 is 5.32 Å². The molecule has 0 aliphatic carbocycles. The number of aliphatic carboxylic acids is 1. The van der Waals surface area contributed by atoms with Crippen molar-refractivity contribution in [3.63, 3.8) is 0 Å². The van der Waals surface area contributed by atoms with E-state index < -0.39 is 29.9 Å². The maximum atomic E-state index is 14.1. The Bertz CT molecular complexity index is 1450. The van der Waals surface area contributed by atoms with Crippen molar-refractivity contribution in [2.45, 2.75) is 44.1 Å². The number of aryl methyl sites for hydroxylation is 1. The Morgan fingerprint density at radius 3 is 2.49 bits per heavy atom. The van der Waals surface area contributed by atoms with Crippen molar-refractivity contribution in [3.05, 3.63) is 89.9 Å². The highest BCUT2D eigenvalue weighted by molar-refractivity contribution is 5.83. The third kappa shape index (κ3) is 7.39. The summed E-state index contributed by atoms with van der Waals surface area (Å²) in [6.45, 7) is 1.20. The van der Waals surface area contributed by atoms with Gasteiger partial charge < -0.3 is 20.1 Å². The van der Waals surface area contributed by atoms with Gasteiger partial charge in [-0.05, 0) is 41.3 Å². The quantitative estimate of drug-likeness (QED) is 0.292. The number of nitrogens with zero attached hydrogens (tertiary/aromatic N) is 2. The standard InChI is InChI=1S/C26H25F2N3O.C2HF3O2/c27-20-7-9-23(24(28)13-20)25-16-31-15-21(8-10-26(31)30-25)29-14-22(32)12-17-5-6-18-3-1-2-4-19(18)11-17;3-2(4,5)1(6)7/h1-7,9,11,13,16,21-22,29,32H,8,10,12,14-15H2;(H,6,7). The van der Waals surface area contributed by atoms with Gasteiger partial charge >= 0.3 is 12.1 Å². The number of aromatic nitrogens is 2. The number of fused-ring (bicyclic) bond motifs is 2. The molecule has 6 nitrogen and oxygen atoms in total. The van der Waals surface area contributed by atoms with E-state index in [-0.39, 0.29) is 6.04 Å². The van der Waals surface area contributed by atoms with E-state index in [4.69, 9.17) is 9.90 Å². The Kier molecular flexibility index (Phi) is 8.61. The molecule has 3 aromatic carbocycles. The maximum Gasteiger partial charge on any atom is 0.490 e. The molecule has 206 valence electrons. The normalized spacial score (nSPS) is 15.8. The number of hydrogen-bond acceptors (Lipinski definition) is 4. The fourth-order valence-corrected chi connectivity index (χ4v) is 4.45. The minimum absolute atomic E-state index is 0.203. The van der Waals surface area contributed by atoms with Crippen molar-refractivity contribution in [1.82, 2.24) is 14.9 Å². The van der Waals surface area contributed by atoms with Crippen molar-refractivity contribution < 1.29 is 37.0 Å². The Balaban J connectivity index is 0.000000448. The van der Waals surface area contributed by atoms with Gasteiger partial charge in [-0.15, -0.1) is 0 Å². The van der Waals surface area contributed by atoms with Crippen LogP contribution in [0.1, 0.15) is 17.8 Å². The van der Waals surface area contributed by atoms with E-state index in [1.54, 1.807) is 0 Å². The van der Waals surface area contributed by atoms with Crippen molar-refractivity contribution in [2.75, 3.05) is 6.54 Å². The van der Waals surface area contributed by atoms with E-state index in [1.807, 2.05) is 22.9 Å². The third-order valence-corrected chi connectivity index (χ3v) is 6.37. The molecular weight excluding hydrogens is 521 g/mol. The predicted molar refractivity (Wildman–Crippen MR) is 135 cm³/mol. The summed E-state index contributed by atoms with van der Waals surface area (Å²) in [6, 6.07) is 18.3. The van der Waals surface area contributed by atoms with Crippen LogP contribution in [0.2, 0.25) is 0 Å². The molecule has 1 aliphatic heterocycles. The Hall–Kier alpha value is -3.83. The van der Waals surface area contributed by atoms with Crippen molar-refractivity contribution in [3.8, 4) is 11.3 Å². The predicted octanol–water partition coefficient (Wildman–Crippen LogP) is 5.12. The van der Waals surface area contributed by atoms with Gasteiger partial charge in [0, 0.05) is 43.4 Å². The molecule has 2 unspecified atom stereocenters. The number of halogens is 5. The summed E-state index contributed by atoms with van der Waals surface area (Å²) in [6.07, 6.45) is -1.49. The second kappa shape index (κ2) is 11.9. The van der Waals surface area contributed by atoms with Gasteiger partial charge in [0.2, 0.25) is 0 Å². The molecule has 0 spiro atoms. The number of aliphatic hydroxyl groups is 1. The molecule has 1 aliphatic rings. The lowest BCUT2D eigenvalue weighted by atomic mass is 10.0. The van der Waals surface area contributed by atoms with Gasteiger partial charge in [0.1, 0.15) is 17.5 Å². The van der Waals surface area contributed by atoms with Crippen LogP contribution in [-0.2, 0) is 24.2 Å². The molecule has 2 atom stereocenters. The number of carbonyl (C=O) groups is 1. The summed E-state index contributed by atoms with van der Waals surface area (Å²) in [5, 5.41) is 23.5. The summed E-state index contributed by atoms with van der Waals surface area (Å²) in [7, 11) is 0. The summed E-state index contributed by atoms with van der Waals surface area (Å²) in [4.78, 5) is 13.4. The SMILES string of the molecule is O=C(O)C(F)(F)F.OC(CNC1CCc2nc(-c3ccc(F)cc3F)cn2C1)Cc1ccc2ccccc2c1. The Morgan fingerprint density at radius 2 is 1.79 bits per heavy atom. The van der Waals surface area contributed by atoms with E-state index in [0.717, 1.165) is 30.3 Å². The van der Waals surface area contributed by atoms with Crippen molar-refractivity contribution in [1.29, 1.82) is 0 Å². The lowest BCUT2D eigenvalue weighted by Crippen LogP contribution is -2.41. The highest BCUT2D eigenvalue weighted by Gasteiger charge is 2.38.